The first-order valence-corrected chi connectivity index (χ1v) is 22.7. The SMILES string of the molecule is CCCCCC1(CCCCC)O[C@@H]2[C@H]3ON(Cc4cccc(C=COCCO)c4)[C@H]4C(=O)OC(CC34C(=O)NCc3cccc(C(=O)N[C@H](CO)CCC(=O)OC(C)(C)C)c3)[C@@H]2O1. The van der Waals surface area contributed by atoms with Crippen LogP contribution in [0.3, 0.4) is 0 Å². The summed E-state index contributed by atoms with van der Waals surface area (Å²) in [6.45, 7) is 9.53. The summed E-state index contributed by atoms with van der Waals surface area (Å²) >= 11 is 0. The van der Waals surface area contributed by atoms with E-state index in [0.29, 0.717) is 24.0 Å². The van der Waals surface area contributed by atoms with Crippen LogP contribution in [0, 0.1) is 5.41 Å². The Morgan fingerprint density at radius 2 is 1.68 bits per heavy atom. The lowest BCUT2D eigenvalue weighted by Gasteiger charge is -2.48. The van der Waals surface area contributed by atoms with Crippen LogP contribution < -0.4 is 10.6 Å². The van der Waals surface area contributed by atoms with Crippen molar-refractivity contribution < 1.29 is 57.9 Å². The number of nitrogens with zero attached hydrogens (tertiary/aromatic N) is 1. The normalized spacial score (nSPS) is 25.3. The monoisotopic (exact) mass is 877 g/mol. The van der Waals surface area contributed by atoms with E-state index in [4.69, 9.17) is 33.6 Å². The second kappa shape index (κ2) is 21.5. The maximum atomic E-state index is 15.0. The molecule has 4 aliphatic rings. The zero-order valence-corrected chi connectivity index (χ0v) is 37.5. The van der Waals surface area contributed by atoms with Gasteiger partial charge in [-0.3, -0.25) is 24.0 Å². The Balaban J connectivity index is 1.24. The highest BCUT2D eigenvalue weighted by atomic mass is 16.8. The molecule has 1 aliphatic carbocycles. The predicted molar refractivity (Wildman–Crippen MR) is 232 cm³/mol. The van der Waals surface area contributed by atoms with Crippen LogP contribution in [0.4, 0.5) is 0 Å². The van der Waals surface area contributed by atoms with Crippen LogP contribution in [0.1, 0.15) is 132 Å². The molecule has 3 heterocycles. The first-order chi connectivity index (χ1) is 30.2. The lowest BCUT2D eigenvalue weighted by atomic mass is 9.62. The van der Waals surface area contributed by atoms with Gasteiger partial charge in [0.1, 0.15) is 42.0 Å². The van der Waals surface area contributed by atoms with Crippen molar-refractivity contribution >= 4 is 29.8 Å². The second-order valence-electron chi connectivity index (χ2n) is 18.2. The van der Waals surface area contributed by atoms with E-state index in [2.05, 4.69) is 24.5 Å². The number of carbonyl (C=O) groups is 4. The van der Waals surface area contributed by atoms with Gasteiger partial charge in [0.05, 0.1) is 32.1 Å². The number of amides is 2. The molecule has 4 N–H and O–H groups in total. The minimum atomic E-state index is -1.40. The van der Waals surface area contributed by atoms with Gasteiger partial charge in [0.2, 0.25) is 5.91 Å². The summed E-state index contributed by atoms with van der Waals surface area (Å²) in [5, 5.41) is 26.5. The molecule has 0 spiro atoms. The molecular weight excluding hydrogens is 811 g/mol. The maximum absolute atomic E-state index is 15.0. The first kappa shape index (κ1) is 48.1. The smallest absolute Gasteiger partial charge is 0.327 e. The summed E-state index contributed by atoms with van der Waals surface area (Å²) in [4.78, 5) is 61.8. The van der Waals surface area contributed by atoms with E-state index in [-0.39, 0.29) is 52.2 Å². The van der Waals surface area contributed by atoms with E-state index in [1.165, 1.54) is 6.26 Å². The number of benzene rings is 2. The summed E-state index contributed by atoms with van der Waals surface area (Å²) < 4.78 is 30.8. The zero-order valence-electron chi connectivity index (χ0n) is 37.5. The molecule has 346 valence electrons. The number of carbonyl (C=O) groups excluding carboxylic acids is 4. The molecule has 6 rings (SSSR count). The summed E-state index contributed by atoms with van der Waals surface area (Å²) in [5.41, 5.74) is 0.548. The van der Waals surface area contributed by atoms with Gasteiger partial charge in [0.25, 0.3) is 5.91 Å². The fraction of sp³-hybridized carbons (Fsp3) is 0.625. The van der Waals surface area contributed by atoms with Crippen molar-refractivity contribution in [3.05, 3.63) is 77.0 Å². The van der Waals surface area contributed by atoms with Crippen molar-refractivity contribution in [2.75, 3.05) is 19.8 Å². The summed E-state index contributed by atoms with van der Waals surface area (Å²) in [6.07, 6.45) is 7.98. The van der Waals surface area contributed by atoms with E-state index >= 15 is 4.79 Å². The minimum absolute atomic E-state index is 0.0247. The quantitative estimate of drug-likeness (QED) is 0.0611. The number of rotatable bonds is 23. The average Bonchev–Trinajstić information content (AvgIpc) is 3.81. The van der Waals surface area contributed by atoms with Gasteiger partial charge < -0.3 is 44.5 Å². The van der Waals surface area contributed by atoms with E-state index in [9.17, 15) is 19.5 Å². The first-order valence-electron chi connectivity index (χ1n) is 22.7. The van der Waals surface area contributed by atoms with Gasteiger partial charge in [-0.1, -0.05) is 75.9 Å². The summed E-state index contributed by atoms with van der Waals surface area (Å²) in [6, 6.07) is 12.7. The average molecular weight is 878 g/mol. The fourth-order valence-electron chi connectivity index (χ4n) is 9.25. The third-order valence-corrected chi connectivity index (χ3v) is 12.2. The predicted octanol–water partition coefficient (Wildman–Crippen LogP) is 5.64. The Morgan fingerprint density at radius 3 is 2.38 bits per heavy atom. The van der Waals surface area contributed by atoms with Crippen LogP contribution in [0.25, 0.3) is 6.08 Å². The molecule has 63 heavy (non-hydrogen) atoms. The Morgan fingerprint density at radius 1 is 0.968 bits per heavy atom. The highest BCUT2D eigenvalue weighted by Crippen LogP contribution is 2.58. The van der Waals surface area contributed by atoms with E-state index in [0.717, 1.165) is 49.7 Å². The largest absolute Gasteiger partial charge is 0.499 e. The number of aliphatic hydroxyl groups is 2. The highest BCUT2D eigenvalue weighted by Gasteiger charge is 2.76. The van der Waals surface area contributed by atoms with Gasteiger partial charge in [-0.05, 0) is 74.9 Å². The number of hydroxylamine groups is 2. The Labute approximate surface area is 371 Å². The number of hydrogen-bond donors (Lipinski definition) is 4. The van der Waals surface area contributed by atoms with Crippen LogP contribution in [-0.2, 0) is 56.0 Å². The topological polar surface area (TPSA) is 191 Å². The van der Waals surface area contributed by atoms with Gasteiger partial charge in [-0.15, -0.1) is 0 Å². The Hall–Kier alpha value is -4.38. The molecule has 7 atom stereocenters. The molecule has 2 unspecified atom stereocenters. The molecule has 0 radical (unpaired) electrons. The number of aliphatic hydroxyl groups excluding tert-OH is 2. The van der Waals surface area contributed by atoms with Crippen LogP contribution in [-0.4, -0.2) is 107 Å². The van der Waals surface area contributed by atoms with E-state index < -0.39 is 77.1 Å². The zero-order chi connectivity index (χ0) is 45.2. The van der Waals surface area contributed by atoms with Crippen LogP contribution in [0.2, 0.25) is 0 Å². The van der Waals surface area contributed by atoms with E-state index in [1.807, 2.05) is 24.3 Å². The summed E-state index contributed by atoms with van der Waals surface area (Å²) in [7, 11) is 0. The highest BCUT2D eigenvalue weighted by molar-refractivity contribution is 5.95. The minimum Gasteiger partial charge on any atom is -0.499 e. The molecule has 3 saturated heterocycles. The molecule has 2 bridgehead atoms. The van der Waals surface area contributed by atoms with Crippen molar-refractivity contribution in [1.82, 2.24) is 15.7 Å². The van der Waals surface area contributed by atoms with Crippen molar-refractivity contribution in [3.8, 4) is 0 Å². The summed E-state index contributed by atoms with van der Waals surface area (Å²) in [5.74, 6) is -2.74. The number of unbranched alkanes of at least 4 members (excludes halogenated alkanes) is 4. The molecule has 2 amide bonds. The lowest BCUT2D eigenvalue weighted by molar-refractivity contribution is -0.224. The molecule has 4 fully saturated rings. The van der Waals surface area contributed by atoms with Crippen molar-refractivity contribution in [2.24, 2.45) is 5.41 Å². The second-order valence-corrected chi connectivity index (χ2v) is 18.2. The Kier molecular flexibility index (Phi) is 16.4. The number of esters is 2. The Bertz CT molecular complexity index is 1910. The van der Waals surface area contributed by atoms with Gasteiger partial charge in [-0.25, -0.2) is 0 Å². The molecule has 2 aromatic carbocycles. The molecule has 2 aromatic rings. The van der Waals surface area contributed by atoms with Crippen molar-refractivity contribution in [2.45, 2.75) is 166 Å². The molecule has 15 heteroatoms. The molecule has 1 saturated carbocycles. The van der Waals surface area contributed by atoms with Gasteiger partial charge >= 0.3 is 11.9 Å². The van der Waals surface area contributed by atoms with Crippen molar-refractivity contribution in [3.63, 3.8) is 0 Å². The van der Waals surface area contributed by atoms with Gasteiger partial charge in [-0.2, -0.15) is 5.06 Å². The van der Waals surface area contributed by atoms with E-state index in [1.54, 1.807) is 56.2 Å². The molecule has 0 aromatic heterocycles. The van der Waals surface area contributed by atoms with Crippen molar-refractivity contribution in [1.29, 1.82) is 0 Å². The van der Waals surface area contributed by atoms with Crippen LogP contribution >= 0.6 is 0 Å². The van der Waals surface area contributed by atoms with Gasteiger partial charge in [0.15, 0.2) is 11.8 Å². The lowest BCUT2D eigenvalue weighted by Crippen LogP contribution is -2.69. The molecule has 15 nitrogen and oxygen atoms in total. The molecular formula is C48H67N3O12. The molecule has 3 aliphatic heterocycles. The van der Waals surface area contributed by atoms with Crippen LogP contribution in [0.15, 0.2) is 54.8 Å². The van der Waals surface area contributed by atoms with Crippen LogP contribution in [0.5, 0.6) is 0 Å². The standard InChI is InChI=1S/C48H67N3O12/c1-6-8-10-21-47(22-11-9-7-2)61-39-37-28-48(45(57)49-29-33-15-13-17-35(27-33)43(55)50-36(31-53)18-19-38(54)60-46(3,4)5)41(44(56)59-37)51(63-42(48)40(39)62-47)30-34-16-12-14-32(26-34)20-24-58-25-23-52/h12-17,20,24,26-27,36-37,39-42,52-53H,6-11,18-19,21-23,25,28-31H2,1-5H3,(H,49,57)(H,50,55)/t36-,37?,39-,40-,41-,42+,48?/m0/s1. The third kappa shape index (κ3) is 11.7. The maximum Gasteiger partial charge on any atom is 0.327 e. The number of fused-ring (bicyclic) bond motifs is 4. The number of nitrogens with one attached hydrogen (secondary N) is 2. The van der Waals surface area contributed by atoms with Gasteiger partial charge in [0, 0.05) is 37.8 Å². The third-order valence-electron chi connectivity index (χ3n) is 12.2. The number of hydrogen-bond acceptors (Lipinski definition) is 13. The fourth-order valence-corrected chi connectivity index (χ4v) is 9.25. The number of ether oxygens (including phenoxy) is 5.